The standard InChI is InChI=1S/C21H27NO5/c1-22(13-14-27-18-9-7-17(24-2)8-10-18)21(23)12-6-16-5-11-19(25-3)20(15-16)26-4/h5,7-11,15H,6,12-14H2,1-4H3. The number of carbonyl (C=O) groups excluding carboxylic acids is 1. The van der Waals surface area contributed by atoms with Crippen molar-refractivity contribution in [1.29, 1.82) is 0 Å². The topological polar surface area (TPSA) is 57.2 Å². The van der Waals surface area contributed by atoms with Gasteiger partial charge in [-0.2, -0.15) is 0 Å². The van der Waals surface area contributed by atoms with Crippen LogP contribution in [0.3, 0.4) is 0 Å². The van der Waals surface area contributed by atoms with Gasteiger partial charge in [0.2, 0.25) is 5.91 Å². The molecule has 27 heavy (non-hydrogen) atoms. The quantitative estimate of drug-likeness (QED) is 0.640. The van der Waals surface area contributed by atoms with Crippen molar-refractivity contribution >= 4 is 5.91 Å². The molecule has 2 rings (SSSR count). The van der Waals surface area contributed by atoms with Gasteiger partial charge in [0.25, 0.3) is 0 Å². The van der Waals surface area contributed by atoms with Crippen LogP contribution in [0.1, 0.15) is 12.0 Å². The van der Waals surface area contributed by atoms with E-state index in [0.29, 0.717) is 37.5 Å². The minimum absolute atomic E-state index is 0.0723. The molecule has 2 aromatic rings. The smallest absolute Gasteiger partial charge is 0.222 e. The van der Waals surface area contributed by atoms with E-state index < -0.39 is 0 Å². The van der Waals surface area contributed by atoms with Crippen molar-refractivity contribution in [3.8, 4) is 23.0 Å². The molecule has 0 saturated heterocycles. The number of benzene rings is 2. The lowest BCUT2D eigenvalue weighted by atomic mass is 10.1. The second-order valence-electron chi connectivity index (χ2n) is 6.03. The van der Waals surface area contributed by atoms with E-state index in [9.17, 15) is 4.79 Å². The van der Waals surface area contributed by atoms with Crippen LogP contribution < -0.4 is 18.9 Å². The third-order valence-corrected chi connectivity index (χ3v) is 4.26. The van der Waals surface area contributed by atoms with Crippen molar-refractivity contribution in [3.05, 3.63) is 48.0 Å². The minimum atomic E-state index is 0.0723. The average Bonchev–Trinajstić information content (AvgIpc) is 2.72. The van der Waals surface area contributed by atoms with Gasteiger partial charge >= 0.3 is 0 Å². The molecule has 146 valence electrons. The Morgan fingerprint density at radius 3 is 2.19 bits per heavy atom. The van der Waals surface area contributed by atoms with E-state index in [-0.39, 0.29) is 5.91 Å². The van der Waals surface area contributed by atoms with Crippen LogP contribution in [0.25, 0.3) is 0 Å². The largest absolute Gasteiger partial charge is 0.497 e. The van der Waals surface area contributed by atoms with Crippen LogP contribution >= 0.6 is 0 Å². The fraction of sp³-hybridized carbons (Fsp3) is 0.381. The van der Waals surface area contributed by atoms with Crippen LogP contribution in [-0.2, 0) is 11.2 Å². The summed E-state index contributed by atoms with van der Waals surface area (Å²) in [4.78, 5) is 14.0. The van der Waals surface area contributed by atoms with E-state index in [1.165, 1.54) is 0 Å². The molecule has 0 atom stereocenters. The van der Waals surface area contributed by atoms with E-state index in [2.05, 4.69) is 0 Å². The first-order chi connectivity index (χ1) is 13.1. The van der Waals surface area contributed by atoms with Crippen molar-refractivity contribution in [2.75, 3.05) is 41.5 Å². The predicted octanol–water partition coefficient (Wildman–Crippen LogP) is 3.18. The molecular weight excluding hydrogens is 346 g/mol. The molecule has 0 aromatic heterocycles. The average molecular weight is 373 g/mol. The molecule has 0 aliphatic heterocycles. The Labute approximate surface area is 160 Å². The van der Waals surface area contributed by atoms with Crippen LogP contribution in [0.2, 0.25) is 0 Å². The summed E-state index contributed by atoms with van der Waals surface area (Å²) in [5.74, 6) is 2.96. The number of carbonyl (C=O) groups is 1. The summed E-state index contributed by atoms with van der Waals surface area (Å²) in [5, 5.41) is 0. The number of likely N-dealkylation sites (N-methyl/N-ethyl adjacent to an activating group) is 1. The molecule has 0 N–H and O–H groups in total. The summed E-state index contributed by atoms with van der Waals surface area (Å²) >= 11 is 0. The molecule has 0 fully saturated rings. The maximum absolute atomic E-state index is 12.3. The second-order valence-corrected chi connectivity index (χ2v) is 6.03. The maximum atomic E-state index is 12.3. The van der Waals surface area contributed by atoms with Crippen LogP contribution in [-0.4, -0.2) is 52.3 Å². The molecule has 0 saturated carbocycles. The normalized spacial score (nSPS) is 10.2. The zero-order valence-electron chi connectivity index (χ0n) is 16.4. The van der Waals surface area contributed by atoms with E-state index in [0.717, 1.165) is 17.1 Å². The van der Waals surface area contributed by atoms with Crippen molar-refractivity contribution in [2.45, 2.75) is 12.8 Å². The van der Waals surface area contributed by atoms with E-state index in [1.807, 2.05) is 42.5 Å². The summed E-state index contributed by atoms with van der Waals surface area (Å²) in [6.45, 7) is 0.960. The first-order valence-corrected chi connectivity index (χ1v) is 8.79. The Bertz CT molecular complexity index is 730. The lowest BCUT2D eigenvalue weighted by molar-refractivity contribution is -0.130. The van der Waals surface area contributed by atoms with Crippen LogP contribution in [0.15, 0.2) is 42.5 Å². The van der Waals surface area contributed by atoms with Crippen LogP contribution in [0.5, 0.6) is 23.0 Å². The van der Waals surface area contributed by atoms with Crippen molar-refractivity contribution < 1.29 is 23.7 Å². The predicted molar refractivity (Wildman–Crippen MR) is 104 cm³/mol. The molecule has 0 aliphatic carbocycles. The molecule has 1 amide bonds. The lowest BCUT2D eigenvalue weighted by Crippen LogP contribution is -2.31. The SMILES string of the molecule is COc1ccc(OCCN(C)C(=O)CCc2ccc(OC)c(OC)c2)cc1. The highest BCUT2D eigenvalue weighted by Crippen LogP contribution is 2.28. The molecule has 6 nitrogen and oxygen atoms in total. The number of methoxy groups -OCH3 is 3. The zero-order chi connectivity index (χ0) is 19.6. The molecular formula is C21H27NO5. The molecule has 2 aromatic carbocycles. The number of hydrogen-bond donors (Lipinski definition) is 0. The molecule has 0 bridgehead atoms. The number of nitrogens with zero attached hydrogens (tertiary/aromatic N) is 1. The van der Waals surface area contributed by atoms with Crippen molar-refractivity contribution in [2.24, 2.45) is 0 Å². The monoisotopic (exact) mass is 373 g/mol. The Hall–Kier alpha value is -2.89. The molecule has 0 radical (unpaired) electrons. The zero-order valence-corrected chi connectivity index (χ0v) is 16.4. The Morgan fingerprint density at radius 2 is 1.56 bits per heavy atom. The Balaban J connectivity index is 1.76. The van der Waals surface area contributed by atoms with Gasteiger partial charge in [0.05, 0.1) is 27.9 Å². The van der Waals surface area contributed by atoms with Gasteiger partial charge in [0.15, 0.2) is 11.5 Å². The first-order valence-electron chi connectivity index (χ1n) is 8.79. The number of amides is 1. The van der Waals surface area contributed by atoms with Crippen LogP contribution in [0.4, 0.5) is 0 Å². The minimum Gasteiger partial charge on any atom is -0.497 e. The molecule has 6 heteroatoms. The van der Waals surface area contributed by atoms with Crippen LogP contribution in [0, 0.1) is 0 Å². The first kappa shape index (κ1) is 20.4. The highest BCUT2D eigenvalue weighted by molar-refractivity contribution is 5.76. The van der Waals surface area contributed by atoms with Gasteiger partial charge in [-0.05, 0) is 48.4 Å². The summed E-state index contributed by atoms with van der Waals surface area (Å²) < 4.78 is 21.3. The fourth-order valence-electron chi connectivity index (χ4n) is 2.58. The van der Waals surface area contributed by atoms with Gasteiger partial charge in [-0.15, -0.1) is 0 Å². The molecule has 0 spiro atoms. The number of rotatable bonds is 10. The third-order valence-electron chi connectivity index (χ3n) is 4.26. The Kier molecular flexibility index (Phi) is 7.79. The number of aryl methyl sites for hydroxylation is 1. The Morgan fingerprint density at radius 1 is 0.889 bits per heavy atom. The van der Waals surface area contributed by atoms with Gasteiger partial charge in [-0.3, -0.25) is 4.79 Å². The fourth-order valence-corrected chi connectivity index (χ4v) is 2.58. The second kappa shape index (κ2) is 10.3. The molecule has 0 aliphatic rings. The molecule has 0 unspecified atom stereocenters. The summed E-state index contributed by atoms with van der Waals surface area (Å²) in [6, 6.07) is 13.1. The van der Waals surface area contributed by atoms with Gasteiger partial charge < -0.3 is 23.8 Å². The summed E-state index contributed by atoms with van der Waals surface area (Å²) in [6.07, 6.45) is 1.07. The number of hydrogen-bond acceptors (Lipinski definition) is 5. The highest BCUT2D eigenvalue weighted by atomic mass is 16.5. The van der Waals surface area contributed by atoms with Gasteiger partial charge in [-0.1, -0.05) is 6.07 Å². The van der Waals surface area contributed by atoms with E-state index in [4.69, 9.17) is 18.9 Å². The van der Waals surface area contributed by atoms with Gasteiger partial charge in [0, 0.05) is 13.5 Å². The summed E-state index contributed by atoms with van der Waals surface area (Å²) in [5.41, 5.74) is 1.03. The van der Waals surface area contributed by atoms with Gasteiger partial charge in [-0.25, -0.2) is 0 Å². The van der Waals surface area contributed by atoms with Gasteiger partial charge in [0.1, 0.15) is 18.1 Å². The third kappa shape index (κ3) is 6.09. The highest BCUT2D eigenvalue weighted by Gasteiger charge is 2.11. The van der Waals surface area contributed by atoms with E-state index >= 15 is 0 Å². The van der Waals surface area contributed by atoms with Crippen molar-refractivity contribution in [3.63, 3.8) is 0 Å². The lowest BCUT2D eigenvalue weighted by Gasteiger charge is -2.18. The maximum Gasteiger partial charge on any atom is 0.222 e. The van der Waals surface area contributed by atoms with Crippen molar-refractivity contribution in [1.82, 2.24) is 4.90 Å². The number of ether oxygens (including phenoxy) is 4. The molecule has 0 heterocycles. The summed E-state index contributed by atoms with van der Waals surface area (Å²) in [7, 11) is 6.61. The van der Waals surface area contributed by atoms with E-state index in [1.54, 1.807) is 33.3 Å².